The van der Waals surface area contributed by atoms with Gasteiger partial charge in [0.25, 0.3) is 0 Å². The molecule has 1 amide bonds. The number of carbonyl (C=O) groups excluding carboxylic acids is 1. The molecule has 2 fully saturated rings. The molecule has 2 saturated heterocycles. The maximum atomic E-state index is 12.5. The van der Waals surface area contributed by atoms with Gasteiger partial charge in [-0.15, -0.1) is 0 Å². The summed E-state index contributed by atoms with van der Waals surface area (Å²) < 4.78 is 63.5. The van der Waals surface area contributed by atoms with Gasteiger partial charge in [-0.3, -0.25) is 19.7 Å². The first-order chi connectivity index (χ1) is 18.0. The zero-order chi connectivity index (χ0) is 29.4. The second kappa shape index (κ2) is 12.9. The van der Waals surface area contributed by atoms with Gasteiger partial charge in [-0.2, -0.15) is 26.3 Å². The van der Waals surface area contributed by atoms with Gasteiger partial charge in [0.2, 0.25) is 5.91 Å². The van der Waals surface area contributed by atoms with Gasteiger partial charge >= 0.3 is 24.3 Å². The number of alkyl halides is 6. The Balaban J connectivity index is 0.000000317. The second-order valence-electron chi connectivity index (χ2n) is 8.96. The highest BCUT2D eigenvalue weighted by molar-refractivity contribution is 5.87. The monoisotopic (exact) mass is 564 g/mol. The molecular formula is C24H26F6N4O5. The first kappa shape index (κ1) is 31.5. The van der Waals surface area contributed by atoms with Crippen molar-refractivity contribution in [1.29, 1.82) is 0 Å². The predicted molar refractivity (Wildman–Crippen MR) is 123 cm³/mol. The van der Waals surface area contributed by atoms with Crippen molar-refractivity contribution >= 4 is 17.8 Å². The Bertz CT molecular complexity index is 1110. The van der Waals surface area contributed by atoms with Crippen molar-refractivity contribution in [1.82, 2.24) is 20.2 Å². The molecule has 0 bridgehead atoms. The molecule has 9 nitrogen and oxygen atoms in total. The maximum absolute atomic E-state index is 12.5. The van der Waals surface area contributed by atoms with E-state index in [1.54, 1.807) is 12.4 Å². The van der Waals surface area contributed by atoms with Gasteiger partial charge in [0.1, 0.15) is 0 Å². The molecular weight excluding hydrogens is 538 g/mol. The summed E-state index contributed by atoms with van der Waals surface area (Å²) in [5.41, 5.74) is 3.23. The Kier molecular flexibility index (Phi) is 10.4. The third-order valence-electron chi connectivity index (χ3n) is 6.04. The van der Waals surface area contributed by atoms with E-state index in [-0.39, 0.29) is 17.4 Å². The molecule has 2 aromatic rings. The lowest BCUT2D eigenvalue weighted by molar-refractivity contribution is -0.193. The number of nitrogens with one attached hydrogen (secondary N) is 1. The van der Waals surface area contributed by atoms with Crippen LogP contribution in [0.3, 0.4) is 0 Å². The minimum atomic E-state index is -5.08. The van der Waals surface area contributed by atoms with Crippen LogP contribution in [-0.2, 0) is 20.9 Å². The Hall–Kier alpha value is -3.75. The number of rotatable bonds is 3. The summed E-state index contributed by atoms with van der Waals surface area (Å²) in [6.45, 7) is 4.92. The van der Waals surface area contributed by atoms with Crippen LogP contribution >= 0.6 is 0 Å². The summed E-state index contributed by atoms with van der Waals surface area (Å²) >= 11 is 0. The molecule has 214 valence electrons. The third-order valence-corrected chi connectivity index (χ3v) is 6.04. The van der Waals surface area contributed by atoms with Gasteiger partial charge in [-0.1, -0.05) is 6.07 Å². The Morgan fingerprint density at radius 3 is 1.97 bits per heavy atom. The van der Waals surface area contributed by atoms with Gasteiger partial charge in [-0.25, -0.2) is 9.59 Å². The molecule has 1 unspecified atom stereocenters. The van der Waals surface area contributed by atoms with Crippen LogP contribution in [0.5, 0.6) is 0 Å². The number of aromatic nitrogens is 2. The number of carbonyl (C=O) groups is 3. The van der Waals surface area contributed by atoms with Crippen LogP contribution in [0.2, 0.25) is 0 Å². The van der Waals surface area contributed by atoms with Crippen LogP contribution < -0.4 is 5.32 Å². The SMILES string of the molecule is Cc1cccc(CN2CCC3(CC2)CC(c2ccncc2)C(=O)N3)n1.O=C(O)C(F)(F)F.O=C(O)C(F)(F)F. The molecule has 15 heteroatoms. The predicted octanol–water partition coefficient (Wildman–Crippen LogP) is 3.69. The number of carboxylic acid groups (broad SMARTS) is 2. The Morgan fingerprint density at radius 1 is 1.00 bits per heavy atom. The van der Waals surface area contributed by atoms with E-state index in [2.05, 4.69) is 32.3 Å². The molecule has 0 aliphatic carbocycles. The fourth-order valence-electron chi connectivity index (χ4n) is 4.13. The highest BCUT2D eigenvalue weighted by atomic mass is 19.4. The van der Waals surface area contributed by atoms with Gasteiger partial charge in [0, 0.05) is 43.3 Å². The summed E-state index contributed by atoms with van der Waals surface area (Å²) in [5, 5.41) is 17.6. The number of likely N-dealkylation sites (tertiary alicyclic amines) is 1. The molecule has 0 radical (unpaired) electrons. The average Bonchev–Trinajstić information content (AvgIpc) is 3.16. The van der Waals surface area contributed by atoms with Crippen LogP contribution in [0.15, 0.2) is 42.7 Å². The van der Waals surface area contributed by atoms with E-state index < -0.39 is 24.3 Å². The number of nitrogens with zero attached hydrogens (tertiary/aromatic N) is 3. The lowest BCUT2D eigenvalue weighted by atomic mass is 9.82. The number of carboxylic acids is 2. The summed E-state index contributed by atoms with van der Waals surface area (Å²) in [6, 6.07) is 10.1. The van der Waals surface area contributed by atoms with Crippen LogP contribution in [0.1, 0.15) is 42.1 Å². The number of hydrogen-bond acceptors (Lipinski definition) is 6. The van der Waals surface area contributed by atoms with Crippen molar-refractivity contribution < 1.29 is 50.9 Å². The largest absolute Gasteiger partial charge is 0.490 e. The molecule has 0 saturated carbocycles. The number of aliphatic carboxylic acids is 2. The molecule has 2 aliphatic heterocycles. The number of piperidine rings is 1. The van der Waals surface area contributed by atoms with Gasteiger partial charge in [0.05, 0.1) is 11.6 Å². The van der Waals surface area contributed by atoms with Crippen molar-refractivity contribution in [2.45, 2.75) is 56.5 Å². The lowest BCUT2D eigenvalue weighted by Crippen LogP contribution is -2.50. The Morgan fingerprint density at radius 2 is 1.51 bits per heavy atom. The van der Waals surface area contributed by atoms with E-state index in [0.29, 0.717) is 0 Å². The van der Waals surface area contributed by atoms with Crippen LogP contribution in [-0.4, -0.2) is 73.9 Å². The number of hydrogen-bond donors (Lipinski definition) is 3. The smallest absolute Gasteiger partial charge is 0.475 e. The summed E-state index contributed by atoms with van der Waals surface area (Å²) in [5.74, 6) is -5.38. The molecule has 39 heavy (non-hydrogen) atoms. The van der Waals surface area contributed by atoms with Crippen molar-refractivity contribution in [3.8, 4) is 0 Å². The molecule has 2 aromatic heterocycles. The van der Waals surface area contributed by atoms with Crippen LogP contribution in [0.25, 0.3) is 0 Å². The third kappa shape index (κ3) is 9.81. The van der Waals surface area contributed by atoms with Crippen molar-refractivity contribution in [3.63, 3.8) is 0 Å². The van der Waals surface area contributed by atoms with E-state index in [4.69, 9.17) is 19.8 Å². The summed E-state index contributed by atoms with van der Waals surface area (Å²) in [6.07, 6.45) is -3.72. The number of halogens is 6. The van der Waals surface area contributed by atoms with Crippen molar-refractivity contribution in [3.05, 3.63) is 59.7 Å². The molecule has 1 spiro atoms. The molecule has 0 aromatic carbocycles. The lowest BCUT2D eigenvalue weighted by Gasteiger charge is -2.39. The maximum Gasteiger partial charge on any atom is 0.490 e. The fourth-order valence-corrected chi connectivity index (χ4v) is 4.13. The van der Waals surface area contributed by atoms with Crippen LogP contribution in [0, 0.1) is 6.92 Å². The molecule has 3 N–H and O–H groups in total. The first-order valence-electron chi connectivity index (χ1n) is 11.5. The van der Waals surface area contributed by atoms with E-state index in [9.17, 15) is 31.1 Å². The Labute approximate surface area is 218 Å². The number of amides is 1. The minimum absolute atomic E-state index is 0.0343. The zero-order valence-electron chi connectivity index (χ0n) is 20.6. The molecule has 2 aliphatic rings. The van der Waals surface area contributed by atoms with Crippen LogP contribution in [0.4, 0.5) is 26.3 Å². The summed E-state index contributed by atoms with van der Waals surface area (Å²) in [7, 11) is 0. The van der Waals surface area contributed by atoms with E-state index in [1.807, 2.05) is 25.1 Å². The van der Waals surface area contributed by atoms with Gasteiger partial charge in [-0.05, 0) is 56.0 Å². The fraction of sp³-hybridized carbons (Fsp3) is 0.458. The minimum Gasteiger partial charge on any atom is -0.475 e. The topological polar surface area (TPSA) is 133 Å². The average molecular weight is 564 g/mol. The van der Waals surface area contributed by atoms with E-state index >= 15 is 0 Å². The van der Waals surface area contributed by atoms with Gasteiger partial charge in [0.15, 0.2) is 0 Å². The molecule has 1 atom stereocenters. The van der Waals surface area contributed by atoms with E-state index in [1.165, 1.54) is 0 Å². The summed E-state index contributed by atoms with van der Waals surface area (Å²) in [4.78, 5) is 41.4. The quantitative estimate of drug-likeness (QED) is 0.481. The first-order valence-corrected chi connectivity index (χ1v) is 11.5. The number of aryl methyl sites for hydroxylation is 1. The normalized spacial score (nSPS) is 18.7. The second-order valence-corrected chi connectivity index (χ2v) is 8.96. The zero-order valence-corrected chi connectivity index (χ0v) is 20.6. The van der Waals surface area contributed by atoms with Crippen molar-refractivity contribution in [2.75, 3.05) is 13.1 Å². The number of pyridine rings is 2. The highest BCUT2D eigenvalue weighted by Gasteiger charge is 2.46. The van der Waals surface area contributed by atoms with E-state index in [0.717, 1.165) is 55.8 Å². The molecule has 4 rings (SSSR count). The molecule has 4 heterocycles. The highest BCUT2D eigenvalue weighted by Crippen LogP contribution is 2.39. The van der Waals surface area contributed by atoms with Crippen molar-refractivity contribution in [2.24, 2.45) is 0 Å². The standard InChI is InChI=1S/C20H24N4O.2C2HF3O2/c1-15-3-2-4-17(22-15)14-24-11-7-20(8-12-24)13-18(19(25)23-20)16-5-9-21-10-6-16;2*3-2(4,5)1(6)7/h2-6,9-10,18H,7-8,11-14H2,1H3,(H,23,25);2*(H,6,7). The van der Waals surface area contributed by atoms with Gasteiger partial charge < -0.3 is 15.5 Å².